The summed E-state index contributed by atoms with van der Waals surface area (Å²) in [6.07, 6.45) is 2.72. The third-order valence-corrected chi connectivity index (χ3v) is 6.52. The zero-order valence-corrected chi connectivity index (χ0v) is 16.3. The van der Waals surface area contributed by atoms with Crippen molar-refractivity contribution in [3.8, 4) is 0 Å². The Morgan fingerprint density at radius 3 is 2.76 bits per heavy atom. The second-order valence-corrected chi connectivity index (χ2v) is 9.90. The first-order valence-corrected chi connectivity index (χ1v) is 10.6. The van der Waals surface area contributed by atoms with Crippen LogP contribution in [0.5, 0.6) is 0 Å². The van der Waals surface area contributed by atoms with Crippen LogP contribution >= 0.6 is 11.6 Å². The number of fused-ring (bicyclic) bond motifs is 1. The fourth-order valence-electron chi connectivity index (χ4n) is 3.76. The average Bonchev–Trinajstić information content (AvgIpc) is 2.79. The SMILES string of the molecule is CC1(C)CN(C(=O)NC2CCCN(S(C)(=O)=O)C2)c2cccc(Cl)c21. The first-order valence-electron chi connectivity index (χ1n) is 8.42. The van der Waals surface area contributed by atoms with Crippen molar-refractivity contribution in [2.75, 3.05) is 30.8 Å². The molecule has 0 aliphatic carbocycles. The van der Waals surface area contributed by atoms with Gasteiger partial charge >= 0.3 is 6.03 Å². The van der Waals surface area contributed by atoms with Crippen LogP contribution in [-0.2, 0) is 15.4 Å². The predicted octanol–water partition coefficient (Wildman–Crippen LogP) is 2.57. The summed E-state index contributed by atoms with van der Waals surface area (Å²) in [7, 11) is -3.24. The van der Waals surface area contributed by atoms with Crippen LogP contribution < -0.4 is 10.2 Å². The minimum absolute atomic E-state index is 0.178. The molecule has 25 heavy (non-hydrogen) atoms. The highest BCUT2D eigenvalue weighted by Crippen LogP contribution is 2.44. The van der Waals surface area contributed by atoms with E-state index in [9.17, 15) is 13.2 Å². The van der Waals surface area contributed by atoms with E-state index < -0.39 is 10.0 Å². The lowest BCUT2D eigenvalue weighted by atomic mass is 9.87. The van der Waals surface area contributed by atoms with Gasteiger partial charge in [-0.2, -0.15) is 0 Å². The summed E-state index contributed by atoms with van der Waals surface area (Å²) < 4.78 is 24.9. The fourth-order valence-corrected chi connectivity index (χ4v) is 5.10. The number of anilines is 1. The monoisotopic (exact) mass is 385 g/mol. The van der Waals surface area contributed by atoms with Crippen LogP contribution in [0.2, 0.25) is 5.02 Å². The summed E-state index contributed by atoms with van der Waals surface area (Å²) in [6, 6.07) is 5.21. The third kappa shape index (κ3) is 3.64. The predicted molar refractivity (Wildman–Crippen MR) is 99.8 cm³/mol. The van der Waals surface area contributed by atoms with Crippen LogP contribution in [-0.4, -0.2) is 50.7 Å². The van der Waals surface area contributed by atoms with Gasteiger partial charge in [0.15, 0.2) is 0 Å². The van der Waals surface area contributed by atoms with Gasteiger partial charge in [0.05, 0.1) is 11.9 Å². The maximum atomic E-state index is 12.8. The Morgan fingerprint density at radius 1 is 1.36 bits per heavy atom. The van der Waals surface area contributed by atoms with E-state index in [0.717, 1.165) is 24.1 Å². The molecule has 1 aromatic rings. The van der Waals surface area contributed by atoms with Crippen molar-refractivity contribution in [3.63, 3.8) is 0 Å². The average molecular weight is 386 g/mol. The summed E-state index contributed by atoms with van der Waals surface area (Å²) in [5.41, 5.74) is 1.58. The number of halogens is 1. The van der Waals surface area contributed by atoms with Crippen molar-refractivity contribution in [1.82, 2.24) is 9.62 Å². The molecule has 0 aromatic heterocycles. The molecule has 2 aliphatic rings. The van der Waals surface area contributed by atoms with Crippen LogP contribution in [0.15, 0.2) is 18.2 Å². The van der Waals surface area contributed by atoms with Crippen LogP contribution in [0.1, 0.15) is 32.3 Å². The van der Waals surface area contributed by atoms with Gasteiger partial charge in [-0.3, -0.25) is 4.90 Å². The maximum absolute atomic E-state index is 12.8. The standard InChI is InChI=1S/C17H24ClN3O3S/c1-17(2)11-21(14-8-4-7-13(18)15(14)17)16(22)19-12-6-5-9-20(10-12)25(3,23)24/h4,7-8,12H,5-6,9-11H2,1-3H3,(H,19,22). The Labute approximate surface area is 154 Å². The number of amides is 2. The molecule has 0 spiro atoms. The molecule has 138 valence electrons. The zero-order chi connectivity index (χ0) is 18.4. The van der Waals surface area contributed by atoms with Crippen molar-refractivity contribution in [3.05, 3.63) is 28.8 Å². The molecular formula is C17H24ClN3O3S. The second kappa shape index (κ2) is 6.45. The fraction of sp³-hybridized carbons (Fsp3) is 0.588. The summed E-state index contributed by atoms with van der Waals surface area (Å²) in [6.45, 7) is 5.51. The number of rotatable bonds is 2. The Hall–Kier alpha value is -1.31. The van der Waals surface area contributed by atoms with Gasteiger partial charge in [-0.05, 0) is 25.0 Å². The number of nitrogens with zero attached hydrogens (tertiary/aromatic N) is 2. The molecule has 1 unspecified atom stereocenters. The van der Waals surface area contributed by atoms with E-state index in [-0.39, 0.29) is 17.5 Å². The molecule has 0 bridgehead atoms. The highest BCUT2D eigenvalue weighted by Gasteiger charge is 2.40. The number of piperidine rings is 1. The maximum Gasteiger partial charge on any atom is 0.322 e. The largest absolute Gasteiger partial charge is 0.334 e. The lowest BCUT2D eigenvalue weighted by Crippen LogP contribution is -2.52. The molecule has 2 heterocycles. The van der Waals surface area contributed by atoms with Gasteiger partial charge in [0.1, 0.15) is 0 Å². The van der Waals surface area contributed by atoms with Gasteiger partial charge in [0.25, 0.3) is 0 Å². The van der Waals surface area contributed by atoms with Crippen molar-refractivity contribution >= 4 is 33.3 Å². The van der Waals surface area contributed by atoms with Crippen LogP contribution in [0.25, 0.3) is 0 Å². The second-order valence-electron chi connectivity index (χ2n) is 7.51. The van der Waals surface area contributed by atoms with E-state index in [1.165, 1.54) is 10.6 Å². The van der Waals surface area contributed by atoms with Gasteiger partial charge in [-0.25, -0.2) is 17.5 Å². The summed E-state index contributed by atoms with van der Waals surface area (Å²) >= 11 is 6.35. The summed E-state index contributed by atoms with van der Waals surface area (Å²) in [4.78, 5) is 14.5. The number of carbonyl (C=O) groups is 1. The quantitative estimate of drug-likeness (QED) is 0.850. The molecule has 1 N–H and O–H groups in total. The number of nitrogens with one attached hydrogen (secondary N) is 1. The van der Waals surface area contributed by atoms with Gasteiger partial charge in [0.2, 0.25) is 10.0 Å². The number of sulfonamides is 1. The van der Waals surface area contributed by atoms with Crippen molar-refractivity contribution in [2.24, 2.45) is 0 Å². The molecule has 2 amide bonds. The van der Waals surface area contributed by atoms with Crippen molar-refractivity contribution in [1.29, 1.82) is 0 Å². The smallest absolute Gasteiger partial charge is 0.322 e. The Balaban J connectivity index is 1.76. The first kappa shape index (κ1) is 18.5. The molecule has 1 fully saturated rings. The van der Waals surface area contributed by atoms with E-state index in [2.05, 4.69) is 19.2 Å². The topological polar surface area (TPSA) is 69.7 Å². The number of hydrogen-bond donors (Lipinski definition) is 1. The Bertz CT molecular complexity index is 794. The van der Waals surface area contributed by atoms with Gasteiger partial charge in [-0.15, -0.1) is 0 Å². The molecule has 1 atom stereocenters. The highest BCUT2D eigenvalue weighted by atomic mass is 35.5. The molecule has 0 radical (unpaired) electrons. The zero-order valence-electron chi connectivity index (χ0n) is 14.8. The van der Waals surface area contributed by atoms with Gasteiger partial charge in [-0.1, -0.05) is 31.5 Å². The Kier molecular flexibility index (Phi) is 4.77. The van der Waals surface area contributed by atoms with E-state index in [4.69, 9.17) is 11.6 Å². The van der Waals surface area contributed by atoms with E-state index in [1.807, 2.05) is 18.2 Å². The molecule has 3 rings (SSSR count). The molecule has 1 aromatic carbocycles. The number of carbonyl (C=O) groups excluding carboxylic acids is 1. The number of hydrogen-bond acceptors (Lipinski definition) is 3. The normalized spacial score (nSPS) is 23.4. The highest BCUT2D eigenvalue weighted by molar-refractivity contribution is 7.88. The third-order valence-electron chi connectivity index (χ3n) is 4.94. The van der Waals surface area contributed by atoms with Crippen LogP contribution in [0, 0.1) is 0 Å². The van der Waals surface area contributed by atoms with Crippen LogP contribution in [0.4, 0.5) is 10.5 Å². The first-order chi connectivity index (χ1) is 11.6. The summed E-state index contributed by atoms with van der Waals surface area (Å²) in [5, 5.41) is 3.66. The molecule has 2 aliphatic heterocycles. The molecular weight excluding hydrogens is 362 g/mol. The van der Waals surface area contributed by atoms with Gasteiger partial charge < -0.3 is 5.32 Å². The van der Waals surface area contributed by atoms with Crippen LogP contribution in [0.3, 0.4) is 0 Å². The number of urea groups is 1. The van der Waals surface area contributed by atoms with Crippen molar-refractivity contribution < 1.29 is 13.2 Å². The summed E-state index contributed by atoms with van der Waals surface area (Å²) in [5.74, 6) is 0. The van der Waals surface area contributed by atoms with E-state index in [1.54, 1.807) is 4.90 Å². The molecule has 0 saturated carbocycles. The van der Waals surface area contributed by atoms with E-state index in [0.29, 0.717) is 24.7 Å². The van der Waals surface area contributed by atoms with Gasteiger partial charge in [0, 0.05) is 41.7 Å². The van der Waals surface area contributed by atoms with E-state index >= 15 is 0 Å². The minimum Gasteiger partial charge on any atom is -0.334 e. The van der Waals surface area contributed by atoms with Crippen molar-refractivity contribution in [2.45, 2.75) is 38.1 Å². The molecule has 6 nitrogen and oxygen atoms in total. The lowest BCUT2D eigenvalue weighted by Gasteiger charge is -2.32. The molecule has 8 heteroatoms. The Morgan fingerprint density at radius 2 is 2.08 bits per heavy atom. The lowest BCUT2D eigenvalue weighted by molar-refractivity contribution is 0.230. The minimum atomic E-state index is -3.24. The molecule has 1 saturated heterocycles. The number of benzene rings is 1.